The van der Waals surface area contributed by atoms with E-state index in [1.807, 2.05) is 6.08 Å². The van der Waals surface area contributed by atoms with Crippen LogP contribution in [0.5, 0.6) is 0 Å². The third-order valence-electron chi connectivity index (χ3n) is 1.73. The van der Waals surface area contributed by atoms with Crippen molar-refractivity contribution in [3.05, 3.63) is 38.0 Å². The maximum atomic E-state index is 3.67. The van der Waals surface area contributed by atoms with Crippen molar-refractivity contribution < 1.29 is 0 Å². The van der Waals surface area contributed by atoms with Gasteiger partial charge in [0.15, 0.2) is 0 Å². The van der Waals surface area contributed by atoms with Gasteiger partial charge < -0.3 is 0 Å². The molecule has 0 saturated heterocycles. The molecule has 0 fully saturated rings. The van der Waals surface area contributed by atoms with E-state index in [2.05, 4.69) is 33.6 Å². The van der Waals surface area contributed by atoms with Gasteiger partial charge in [0.25, 0.3) is 0 Å². The average Bonchev–Trinajstić information content (AvgIpc) is 2.14. The topological polar surface area (TPSA) is 0 Å². The van der Waals surface area contributed by atoms with Gasteiger partial charge >= 0.3 is 0 Å². The van der Waals surface area contributed by atoms with Crippen LogP contribution in [-0.4, -0.2) is 0 Å². The molecule has 0 aliphatic heterocycles. The Labute approximate surface area is 77.7 Å². The van der Waals surface area contributed by atoms with Gasteiger partial charge in [0.05, 0.1) is 0 Å². The molecule has 0 radical (unpaired) electrons. The second kappa shape index (κ2) is 12.9. The summed E-state index contributed by atoms with van der Waals surface area (Å²) in [5.74, 6) is 0.882. The molecule has 0 aliphatic rings. The summed E-state index contributed by atoms with van der Waals surface area (Å²) in [5.41, 5.74) is 0. The predicted octanol–water partition coefficient (Wildman–Crippen LogP) is 4.36. The van der Waals surface area contributed by atoms with Crippen molar-refractivity contribution in [2.24, 2.45) is 5.92 Å². The minimum Gasteiger partial charge on any atom is -0.103 e. The lowest BCUT2D eigenvalue weighted by Gasteiger charge is -2.03. The fourth-order valence-corrected chi connectivity index (χ4v) is 0.606. The van der Waals surface area contributed by atoms with Crippen LogP contribution in [0, 0.1) is 5.92 Å². The van der Waals surface area contributed by atoms with E-state index in [0.29, 0.717) is 0 Å². The van der Waals surface area contributed by atoms with Crippen LogP contribution in [0.15, 0.2) is 38.0 Å². The van der Waals surface area contributed by atoms with Crippen LogP contribution in [0.3, 0.4) is 0 Å². The normalized spacial score (nSPS) is 10.5. The van der Waals surface area contributed by atoms with Crippen molar-refractivity contribution >= 4 is 0 Å². The van der Waals surface area contributed by atoms with Crippen molar-refractivity contribution in [3.8, 4) is 0 Å². The van der Waals surface area contributed by atoms with Crippen LogP contribution in [0.25, 0.3) is 0 Å². The Morgan fingerprint density at radius 1 is 1.17 bits per heavy atom. The largest absolute Gasteiger partial charge is 0.103 e. The molecule has 0 aliphatic carbocycles. The highest BCUT2D eigenvalue weighted by Crippen LogP contribution is 2.08. The quantitative estimate of drug-likeness (QED) is 0.420. The van der Waals surface area contributed by atoms with E-state index in [4.69, 9.17) is 0 Å². The smallest absolute Gasteiger partial charge is 0.0351 e. The maximum absolute atomic E-state index is 3.67. The van der Waals surface area contributed by atoms with Gasteiger partial charge in [0.1, 0.15) is 0 Å². The van der Waals surface area contributed by atoms with Crippen LogP contribution < -0.4 is 0 Å². The molecule has 0 heteroatoms. The SMILES string of the molecule is C=CC=C.C=CCCC(C)CC. The molecule has 70 valence electrons. The summed E-state index contributed by atoms with van der Waals surface area (Å²) in [6, 6.07) is 0. The number of hydrogen-bond donors (Lipinski definition) is 0. The Hall–Kier alpha value is -0.780. The lowest BCUT2D eigenvalue weighted by molar-refractivity contribution is 0.522. The molecule has 0 nitrogen and oxygen atoms in total. The van der Waals surface area contributed by atoms with Gasteiger partial charge in [-0.25, -0.2) is 0 Å². The molecule has 12 heavy (non-hydrogen) atoms. The molecule has 0 saturated carbocycles. The molecule has 0 aromatic carbocycles. The summed E-state index contributed by atoms with van der Waals surface area (Å²) in [7, 11) is 0. The summed E-state index contributed by atoms with van der Waals surface area (Å²) in [6.07, 6.45) is 9.05. The van der Waals surface area contributed by atoms with Gasteiger partial charge in [0, 0.05) is 0 Å². The minimum absolute atomic E-state index is 0.882. The summed E-state index contributed by atoms with van der Waals surface area (Å²) in [6.45, 7) is 14.9. The Balaban J connectivity index is 0. The molecule has 1 unspecified atom stereocenters. The predicted molar refractivity (Wildman–Crippen MR) is 59.3 cm³/mol. The molecule has 0 amide bonds. The minimum atomic E-state index is 0.882. The fraction of sp³-hybridized carbons (Fsp3) is 0.500. The first-order valence-corrected chi connectivity index (χ1v) is 4.57. The van der Waals surface area contributed by atoms with Crippen LogP contribution >= 0.6 is 0 Å². The Bertz CT molecular complexity index is 105. The van der Waals surface area contributed by atoms with Gasteiger partial charge in [-0.15, -0.1) is 6.58 Å². The summed E-state index contributed by atoms with van der Waals surface area (Å²) < 4.78 is 0. The first-order chi connectivity index (χ1) is 5.72. The van der Waals surface area contributed by atoms with E-state index in [9.17, 15) is 0 Å². The van der Waals surface area contributed by atoms with Gasteiger partial charge in [-0.3, -0.25) is 0 Å². The monoisotopic (exact) mass is 166 g/mol. The van der Waals surface area contributed by atoms with Crippen molar-refractivity contribution in [1.29, 1.82) is 0 Å². The standard InChI is InChI=1S/C8H16.C4H6/c1-4-6-7-8(3)5-2;1-3-4-2/h4,8H,1,5-7H2,2-3H3;3-4H,1-2H2. The Kier molecular flexibility index (Phi) is 14.8. The summed E-state index contributed by atoms with van der Waals surface area (Å²) in [5, 5.41) is 0. The van der Waals surface area contributed by atoms with Gasteiger partial charge in [-0.2, -0.15) is 0 Å². The molecule has 0 bridgehead atoms. The van der Waals surface area contributed by atoms with E-state index >= 15 is 0 Å². The second-order valence-electron chi connectivity index (χ2n) is 2.85. The molecule has 1 atom stereocenters. The average molecular weight is 166 g/mol. The first kappa shape index (κ1) is 13.8. The highest BCUT2D eigenvalue weighted by atomic mass is 14.0. The fourth-order valence-electron chi connectivity index (χ4n) is 0.606. The molecular formula is C12H22. The Morgan fingerprint density at radius 3 is 1.92 bits per heavy atom. The first-order valence-electron chi connectivity index (χ1n) is 4.57. The van der Waals surface area contributed by atoms with Gasteiger partial charge in [0.2, 0.25) is 0 Å². The van der Waals surface area contributed by atoms with Crippen molar-refractivity contribution in [1.82, 2.24) is 0 Å². The van der Waals surface area contributed by atoms with E-state index < -0.39 is 0 Å². The number of hydrogen-bond acceptors (Lipinski definition) is 0. The van der Waals surface area contributed by atoms with Crippen LogP contribution in [0.1, 0.15) is 33.1 Å². The third-order valence-corrected chi connectivity index (χ3v) is 1.73. The van der Waals surface area contributed by atoms with E-state index in [-0.39, 0.29) is 0 Å². The number of rotatable bonds is 5. The lowest BCUT2D eigenvalue weighted by Crippen LogP contribution is -1.88. The zero-order valence-corrected chi connectivity index (χ0v) is 8.55. The van der Waals surface area contributed by atoms with Gasteiger partial charge in [-0.05, 0) is 18.8 Å². The van der Waals surface area contributed by atoms with Crippen molar-refractivity contribution in [2.45, 2.75) is 33.1 Å². The van der Waals surface area contributed by atoms with Crippen LogP contribution in [-0.2, 0) is 0 Å². The molecule has 0 aromatic rings. The summed E-state index contributed by atoms with van der Waals surface area (Å²) in [4.78, 5) is 0. The summed E-state index contributed by atoms with van der Waals surface area (Å²) >= 11 is 0. The zero-order valence-electron chi connectivity index (χ0n) is 8.55. The Morgan fingerprint density at radius 2 is 1.67 bits per heavy atom. The molecule has 0 spiro atoms. The highest BCUT2D eigenvalue weighted by molar-refractivity contribution is 4.88. The second-order valence-corrected chi connectivity index (χ2v) is 2.85. The van der Waals surface area contributed by atoms with E-state index in [1.54, 1.807) is 12.2 Å². The highest BCUT2D eigenvalue weighted by Gasteiger charge is 1.93. The lowest BCUT2D eigenvalue weighted by atomic mass is 10.0. The van der Waals surface area contributed by atoms with Crippen molar-refractivity contribution in [3.63, 3.8) is 0 Å². The number of allylic oxidation sites excluding steroid dienone is 3. The van der Waals surface area contributed by atoms with Crippen LogP contribution in [0.4, 0.5) is 0 Å². The van der Waals surface area contributed by atoms with E-state index in [1.165, 1.54) is 19.3 Å². The molecular weight excluding hydrogens is 144 g/mol. The maximum Gasteiger partial charge on any atom is -0.0351 e. The zero-order chi connectivity index (χ0) is 9.82. The van der Waals surface area contributed by atoms with Gasteiger partial charge in [-0.1, -0.05) is 51.7 Å². The van der Waals surface area contributed by atoms with Crippen molar-refractivity contribution in [2.75, 3.05) is 0 Å². The third kappa shape index (κ3) is 16.1. The molecule has 0 aromatic heterocycles. The van der Waals surface area contributed by atoms with Crippen LogP contribution in [0.2, 0.25) is 0 Å². The molecule has 0 heterocycles. The molecule has 0 N–H and O–H groups in total. The molecule has 0 rings (SSSR count). The van der Waals surface area contributed by atoms with E-state index in [0.717, 1.165) is 5.92 Å².